The maximum absolute atomic E-state index is 12.0. The van der Waals surface area contributed by atoms with Gasteiger partial charge in [-0.15, -0.1) is 0 Å². The Morgan fingerprint density at radius 3 is 2.06 bits per heavy atom. The molecule has 4 heteroatoms. The maximum Gasteiger partial charge on any atom is 0.239 e. The highest BCUT2D eigenvalue weighted by molar-refractivity contribution is 5.81. The summed E-state index contributed by atoms with van der Waals surface area (Å²) in [6.07, 6.45) is 0. The van der Waals surface area contributed by atoms with E-state index in [0.717, 1.165) is 19.6 Å². The summed E-state index contributed by atoms with van der Waals surface area (Å²) < 4.78 is 0. The molecule has 1 amide bonds. The van der Waals surface area contributed by atoms with E-state index >= 15 is 0 Å². The maximum atomic E-state index is 12.0. The van der Waals surface area contributed by atoms with Crippen molar-refractivity contribution in [2.45, 2.75) is 46.2 Å². The standard InChI is InChI=1S/C13H29N3O/c1-8-16(9-2)12(17)11(3)14-10-13(4,5)15(6)7/h11,14H,8-10H2,1-7H3. The molecule has 0 saturated carbocycles. The number of hydrogen-bond acceptors (Lipinski definition) is 3. The lowest BCUT2D eigenvalue weighted by atomic mass is 10.0. The number of nitrogens with one attached hydrogen (secondary N) is 1. The van der Waals surface area contributed by atoms with Crippen LogP contribution in [0, 0.1) is 0 Å². The Kier molecular flexibility index (Phi) is 6.72. The van der Waals surface area contributed by atoms with E-state index in [-0.39, 0.29) is 17.5 Å². The van der Waals surface area contributed by atoms with Gasteiger partial charge in [-0.3, -0.25) is 4.79 Å². The second-order valence-electron chi connectivity index (χ2n) is 5.32. The van der Waals surface area contributed by atoms with Gasteiger partial charge in [0.1, 0.15) is 0 Å². The molecule has 1 N–H and O–H groups in total. The van der Waals surface area contributed by atoms with Crippen molar-refractivity contribution in [3.05, 3.63) is 0 Å². The van der Waals surface area contributed by atoms with Crippen molar-refractivity contribution in [3.8, 4) is 0 Å². The van der Waals surface area contributed by atoms with Gasteiger partial charge in [0.25, 0.3) is 0 Å². The summed E-state index contributed by atoms with van der Waals surface area (Å²) in [6.45, 7) is 12.6. The fourth-order valence-electron chi connectivity index (χ4n) is 1.46. The molecule has 0 spiro atoms. The zero-order valence-corrected chi connectivity index (χ0v) is 12.5. The van der Waals surface area contributed by atoms with Crippen LogP contribution >= 0.6 is 0 Å². The number of nitrogens with zero attached hydrogens (tertiary/aromatic N) is 2. The SMILES string of the molecule is CCN(CC)C(=O)C(C)NCC(C)(C)N(C)C. The van der Waals surface area contributed by atoms with Gasteiger partial charge in [-0.25, -0.2) is 0 Å². The van der Waals surface area contributed by atoms with E-state index in [1.807, 2.05) is 25.7 Å². The number of carbonyl (C=O) groups excluding carboxylic acids is 1. The third kappa shape index (κ3) is 5.04. The highest BCUT2D eigenvalue weighted by Gasteiger charge is 2.24. The second-order valence-corrected chi connectivity index (χ2v) is 5.32. The minimum absolute atomic E-state index is 0.0534. The minimum Gasteiger partial charge on any atom is -0.342 e. The predicted molar refractivity (Wildman–Crippen MR) is 73.2 cm³/mol. The molecule has 0 aromatic heterocycles. The number of likely N-dealkylation sites (N-methyl/N-ethyl adjacent to an activating group) is 2. The topological polar surface area (TPSA) is 35.6 Å². The molecule has 0 fully saturated rings. The second kappa shape index (κ2) is 6.97. The Morgan fingerprint density at radius 1 is 1.24 bits per heavy atom. The van der Waals surface area contributed by atoms with E-state index in [0.29, 0.717) is 0 Å². The molecule has 4 nitrogen and oxygen atoms in total. The molecule has 0 aromatic rings. The summed E-state index contributed by atoms with van der Waals surface area (Å²) in [4.78, 5) is 16.1. The highest BCUT2D eigenvalue weighted by atomic mass is 16.2. The van der Waals surface area contributed by atoms with Gasteiger partial charge in [0, 0.05) is 25.2 Å². The summed E-state index contributed by atoms with van der Waals surface area (Å²) in [7, 11) is 4.11. The van der Waals surface area contributed by atoms with E-state index in [9.17, 15) is 4.79 Å². The zero-order valence-electron chi connectivity index (χ0n) is 12.5. The van der Waals surface area contributed by atoms with Crippen LogP contribution in [0.2, 0.25) is 0 Å². The van der Waals surface area contributed by atoms with Crippen LogP contribution in [0.1, 0.15) is 34.6 Å². The van der Waals surface area contributed by atoms with Gasteiger partial charge >= 0.3 is 0 Å². The van der Waals surface area contributed by atoms with Crippen LogP contribution in [0.15, 0.2) is 0 Å². The van der Waals surface area contributed by atoms with Gasteiger partial charge in [0.05, 0.1) is 6.04 Å². The molecule has 1 unspecified atom stereocenters. The Labute approximate surface area is 106 Å². The first-order chi connectivity index (χ1) is 7.76. The molecule has 0 aromatic carbocycles. The predicted octanol–water partition coefficient (Wildman–Crippen LogP) is 1.17. The van der Waals surface area contributed by atoms with Gasteiger partial charge in [0.2, 0.25) is 5.91 Å². The lowest BCUT2D eigenvalue weighted by Crippen LogP contribution is -2.52. The van der Waals surface area contributed by atoms with Crippen LogP contribution in [0.4, 0.5) is 0 Å². The average Bonchev–Trinajstić information content (AvgIpc) is 2.27. The monoisotopic (exact) mass is 243 g/mol. The van der Waals surface area contributed by atoms with Crippen LogP contribution in [0.3, 0.4) is 0 Å². The molecular weight excluding hydrogens is 214 g/mol. The fraction of sp³-hybridized carbons (Fsp3) is 0.923. The van der Waals surface area contributed by atoms with Crippen molar-refractivity contribution in [1.29, 1.82) is 0 Å². The fourth-order valence-corrected chi connectivity index (χ4v) is 1.46. The summed E-state index contributed by atoms with van der Waals surface area (Å²) in [6, 6.07) is -0.117. The van der Waals surface area contributed by atoms with Crippen LogP contribution in [-0.2, 0) is 4.79 Å². The number of rotatable bonds is 7. The molecular formula is C13H29N3O. The lowest BCUT2D eigenvalue weighted by molar-refractivity contribution is -0.132. The van der Waals surface area contributed by atoms with E-state index in [1.165, 1.54) is 0 Å². The Bertz CT molecular complexity index is 235. The summed E-state index contributed by atoms with van der Waals surface area (Å²) in [5, 5.41) is 3.32. The molecule has 0 aliphatic carbocycles. The quantitative estimate of drug-likeness (QED) is 0.729. The molecule has 1 atom stereocenters. The van der Waals surface area contributed by atoms with E-state index in [4.69, 9.17) is 0 Å². The van der Waals surface area contributed by atoms with Crippen LogP contribution < -0.4 is 5.32 Å². The molecule has 0 aliphatic rings. The number of hydrogen-bond donors (Lipinski definition) is 1. The average molecular weight is 243 g/mol. The van der Waals surface area contributed by atoms with E-state index < -0.39 is 0 Å². The Hall–Kier alpha value is -0.610. The lowest BCUT2D eigenvalue weighted by Gasteiger charge is -2.34. The first-order valence-corrected chi connectivity index (χ1v) is 6.45. The molecule has 0 bridgehead atoms. The first kappa shape index (κ1) is 16.4. The molecule has 0 rings (SSSR count). The summed E-state index contributed by atoms with van der Waals surface area (Å²) in [5.41, 5.74) is 0.0534. The van der Waals surface area contributed by atoms with Crippen molar-refractivity contribution in [2.75, 3.05) is 33.7 Å². The normalized spacial score (nSPS) is 13.9. The van der Waals surface area contributed by atoms with Crippen molar-refractivity contribution in [2.24, 2.45) is 0 Å². The van der Waals surface area contributed by atoms with Gasteiger partial charge in [-0.1, -0.05) is 0 Å². The minimum atomic E-state index is -0.117. The van der Waals surface area contributed by atoms with E-state index in [2.05, 4.69) is 38.2 Å². The summed E-state index contributed by atoms with van der Waals surface area (Å²) in [5.74, 6) is 0.185. The molecule has 0 saturated heterocycles. The third-order valence-corrected chi connectivity index (χ3v) is 3.50. The van der Waals surface area contributed by atoms with Gasteiger partial charge in [-0.2, -0.15) is 0 Å². The van der Waals surface area contributed by atoms with Crippen molar-refractivity contribution < 1.29 is 4.79 Å². The van der Waals surface area contributed by atoms with Gasteiger partial charge < -0.3 is 15.1 Å². The Morgan fingerprint density at radius 2 is 1.71 bits per heavy atom. The number of carbonyl (C=O) groups is 1. The third-order valence-electron chi connectivity index (χ3n) is 3.50. The van der Waals surface area contributed by atoms with Crippen LogP contribution in [0.5, 0.6) is 0 Å². The molecule has 17 heavy (non-hydrogen) atoms. The van der Waals surface area contributed by atoms with E-state index in [1.54, 1.807) is 0 Å². The zero-order chi connectivity index (χ0) is 13.6. The van der Waals surface area contributed by atoms with Crippen molar-refractivity contribution >= 4 is 5.91 Å². The first-order valence-electron chi connectivity index (χ1n) is 6.45. The molecule has 0 aliphatic heterocycles. The van der Waals surface area contributed by atoms with Crippen LogP contribution in [-0.4, -0.2) is 61.0 Å². The Balaban J connectivity index is 4.27. The van der Waals surface area contributed by atoms with Crippen molar-refractivity contribution in [1.82, 2.24) is 15.1 Å². The molecule has 0 radical (unpaired) electrons. The smallest absolute Gasteiger partial charge is 0.239 e. The summed E-state index contributed by atoms with van der Waals surface area (Å²) >= 11 is 0. The highest BCUT2D eigenvalue weighted by Crippen LogP contribution is 2.08. The molecule has 0 heterocycles. The van der Waals surface area contributed by atoms with Crippen molar-refractivity contribution in [3.63, 3.8) is 0 Å². The molecule has 102 valence electrons. The largest absolute Gasteiger partial charge is 0.342 e. The van der Waals surface area contributed by atoms with Gasteiger partial charge in [0.15, 0.2) is 0 Å². The van der Waals surface area contributed by atoms with Gasteiger partial charge in [-0.05, 0) is 48.7 Å². The number of amides is 1. The van der Waals surface area contributed by atoms with Crippen LogP contribution in [0.25, 0.3) is 0 Å².